The van der Waals surface area contributed by atoms with Crippen molar-refractivity contribution in [1.29, 1.82) is 0 Å². The molecule has 4 N–H and O–H groups in total. The van der Waals surface area contributed by atoms with E-state index in [2.05, 4.69) is 12.2 Å². The quantitative estimate of drug-likeness (QED) is 0.209. The van der Waals surface area contributed by atoms with Crippen molar-refractivity contribution in [1.82, 2.24) is 0 Å². The molecule has 0 saturated carbocycles. The second-order valence-corrected chi connectivity index (χ2v) is 5.93. The van der Waals surface area contributed by atoms with Crippen molar-refractivity contribution in [2.75, 3.05) is 0 Å². The zero-order valence-corrected chi connectivity index (χ0v) is 14.0. The van der Waals surface area contributed by atoms with E-state index >= 15 is 0 Å². The van der Waals surface area contributed by atoms with Gasteiger partial charge in [-0.3, -0.25) is 4.79 Å². The molecule has 0 spiro atoms. The molecule has 5 nitrogen and oxygen atoms in total. The molecule has 0 amide bonds. The van der Waals surface area contributed by atoms with Crippen molar-refractivity contribution < 1.29 is 25.2 Å². The lowest BCUT2D eigenvalue weighted by Gasteiger charge is -2.12. The lowest BCUT2D eigenvalue weighted by molar-refractivity contribution is -0.315. The Morgan fingerprint density at radius 1 is 0.739 bits per heavy atom. The molecule has 0 aliphatic heterocycles. The maximum Gasteiger partial charge on any atom is 0.303 e. The van der Waals surface area contributed by atoms with E-state index in [0.29, 0.717) is 6.42 Å². The highest BCUT2D eigenvalue weighted by Crippen LogP contribution is 2.10. The normalized spacial score (nSPS) is 12.5. The van der Waals surface area contributed by atoms with Gasteiger partial charge in [0.05, 0.1) is 0 Å². The number of rotatable bonds is 15. The van der Waals surface area contributed by atoms with Crippen LogP contribution in [0.15, 0.2) is 24.3 Å². The van der Waals surface area contributed by atoms with Gasteiger partial charge in [-0.2, -0.15) is 0 Å². The van der Waals surface area contributed by atoms with Crippen LogP contribution in [0, 0.1) is 0 Å². The van der Waals surface area contributed by atoms with Crippen molar-refractivity contribution in [2.45, 2.75) is 83.0 Å². The van der Waals surface area contributed by atoms with E-state index < -0.39 is 11.9 Å². The van der Waals surface area contributed by atoms with E-state index in [-0.39, 0.29) is 12.8 Å². The highest BCUT2D eigenvalue weighted by Gasteiger charge is 2.16. The molecule has 0 fully saturated rings. The summed E-state index contributed by atoms with van der Waals surface area (Å²) in [5.74, 6) is -3.22. The lowest BCUT2D eigenvalue weighted by Crippen LogP contribution is -2.26. The molecular weight excluding hydrogens is 296 g/mol. The van der Waals surface area contributed by atoms with E-state index in [0.717, 1.165) is 57.8 Å². The van der Waals surface area contributed by atoms with Crippen LogP contribution >= 0.6 is 0 Å². The average molecular weight is 328 g/mol. The third kappa shape index (κ3) is 20.8. The lowest BCUT2D eigenvalue weighted by atomic mass is 10.1. The molecule has 0 rings (SSSR count). The van der Waals surface area contributed by atoms with Crippen LogP contribution in [0.3, 0.4) is 0 Å². The topological polar surface area (TPSA) is 98.0 Å². The zero-order valence-electron chi connectivity index (χ0n) is 14.0. The first kappa shape index (κ1) is 21.8. The Balaban J connectivity index is 3.28. The average Bonchev–Trinajstić information content (AvgIpc) is 2.45. The summed E-state index contributed by atoms with van der Waals surface area (Å²) in [6.45, 7) is 0. The van der Waals surface area contributed by atoms with E-state index in [1.807, 2.05) is 12.2 Å². The Bertz CT molecular complexity index is 342. The first-order chi connectivity index (χ1) is 10.9. The van der Waals surface area contributed by atoms with Gasteiger partial charge in [0, 0.05) is 12.8 Å². The van der Waals surface area contributed by atoms with Crippen LogP contribution in [0.25, 0.3) is 0 Å². The predicted molar refractivity (Wildman–Crippen MR) is 90.7 cm³/mol. The summed E-state index contributed by atoms with van der Waals surface area (Å²) in [6.07, 6.45) is 18.2. The summed E-state index contributed by atoms with van der Waals surface area (Å²) in [7, 11) is 0. The van der Waals surface area contributed by atoms with E-state index in [9.17, 15) is 4.79 Å². The number of carboxylic acids is 1. The molecule has 0 unspecified atom stereocenters. The van der Waals surface area contributed by atoms with Gasteiger partial charge >= 0.3 is 5.97 Å². The fourth-order valence-corrected chi connectivity index (χ4v) is 2.22. The van der Waals surface area contributed by atoms with E-state index in [1.165, 1.54) is 0 Å². The van der Waals surface area contributed by atoms with Gasteiger partial charge in [0.2, 0.25) is 0 Å². The van der Waals surface area contributed by atoms with Crippen LogP contribution in [0.1, 0.15) is 77.0 Å². The number of carbonyl (C=O) groups is 1. The predicted octanol–water partition coefficient (Wildman–Crippen LogP) is 3.50. The molecule has 0 aliphatic rings. The van der Waals surface area contributed by atoms with Gasteiger partial charge in [-0.15, -0.1) is 0 Å². The van der Waals surface area contributed by atoms with E-state index in [1.54, 1.807) is 0 Å². The van der Waals surface area contributed by atoms with Crippen LogP contribution in [-0.2, 0) is 4.79 Å². The minimum atomic E-state index is -2.52. The summed E-state index contributed by atoms with van der Waals surface area (Å²) in [6, 6.07) is 0. The molecule has 0 saturated heterocycles. The number of hydrogen-bond donors (Lipinski definition) is 4. The number of carboxylic acid groups (broad SMARTS) is 1. The minimum absolute atomic E-state index is 0.00702. The molecule has 0 atom stereocenters. The maximum absolute atomic E-state index is 10.3. The van der Waals surface area contributed by atoms with Crippen molar-refractivity contribution in [2.24, 2.45) is 0 Å². The van der Waals surface area contributed by atoms with Gasteiger partial charge < -0.3 is 20.4 Å². The molecule has 0 aliphatic carbocycles. The summed E-state index contributed by atoms with van der Waals surface area (Å²) in [4.78, 5) is 10.3. The van der Waals surface area contributed by atoms with Gasteiger partial charge in [0.15, 0.2) is 0 Å². The van der Waals surface area contributed by atoms with Crippen LogP contribution in [0.5, 0.6) is 0 Å². The smallest absolute Gasteiger partial charge is 0.303 e. The summed E-state index contributed by atoms with van der Waals surface area (Å²) < 4.78 is 0. The molecular formula is C18H32O5. The molecule has 5 heteroatoms. The molecule has 23 heavy (non-hydrogen) atoms. The Labute approximate surface area is 139 Å². The standard InChI is InChI=1S/C18H32O5/c19-17(20)15-13-11-9-7-5-3-1-2-4-6-8-10-12-14-16-18(21,22)23/h1-2,4,6,21-23H,3,5,7-16H2,(H,19,20). The summed E-state index contributed by atoms with van der Waals surface area (Å²) >= 11 is 0. The van der Waals surface area contributed by atoms with Crippen LogP contribution in [0.4, 0.5) is 0 Å². The second kappa shape index (κ2) is 14.4. The van der Waals surface area contributed by atoms with Crippen molar-refractivity contribution in [3.8, 4) is 0 Å². The molecule has 0 bridgehead atoms. The van der Waals surface area contributed by atoms with Gasteiger partial charge in [0.1, 0.15) is 0 Å². The first-order valence-electron chi connectivity index (χ1n) is 8.62. The molecule has 0 heterocycles. The number of aliphatic hydroxyl groups is 3. The molecule has 0 aromatic heterocycles. The van der Waals surface area contributed by atoms with Gasteiger partial charge in [-0.25, -0.2) is 0 Å². The third-order valence-electron chi connectivity index (χ3n) is 3.53. The maximum atomic E-state index is 10.3. The highest BCUT2D eigenvalue weighted by atomic mass is 16.7. The monoisotopic (exact) mass is 328 g/mol. The van der Waals surface area contributed by atoms with Crippen LogP contribution in [0.2, 0.25) is 0 Å². The highest BCUT2D eigenvalue weighted by molar-refractivity contribution is 5.66. The van der Waals surface area contributed by atoms with Gasteiger partial charge in [0.25, 0.3) is 5.97 Å². The number of hydrogen-bond acceptors (Lipinski definition) is 4. The second-order valence-electron chi connectivity index (χ2n) is 5.93. The number of allylic oxidation sites excluding steroid dienone is 4. The van der Waals surface area contributed by atoms with Gasteiger partial charge in [-0.1, -0.05) is 50.0 Å². The molecule has 134 valence electrons. The summed E-state index contributed by atoms with van der Waals surface area (Å²) in [5, 5.41) is 34.6. The zero-order chi connectivity index (χ0) is 17.4. The number of unbranched alkanes of at least 4 members (excludes halogenated alkanes) is 8. The Morgan fingerprint density at radius 2 is 1.22 bits per heavy atom. The van der Waals surface area contributed by atoms with Crippen molar-refractivity contribution in [3.63, 3.8) is 0 Å². The summed E-state index contributed by atoms with van der Waals surface area (Å²) in [5.41, 5.74) is 0. The van der Waals surface area contributed by atoms with Crippen molar-refractivity contribution in [3.05, 3.63) is 24.3 Å². The number of aliphatic carboxylic acids is 1. The Morgan fingerprint density at radius 3 is 1.74 bits per heavy atom. The fraction of sp³-hybridized carbons (Fsp3) is 0.722. The molecule has 0 aromatic rings. The van der Waals surface area contributed by atoms with Gasteiger partial charge in [-0.05, 0) is 38.5 Å². The molecule has 0 radical (unpaired) electrons. The van der Waals surface area contributed by atoms with Crippen molar-refractivity contribution >= 4 is 5.97 Å². The van der Waals surface area contributed by atoms with Crippen LogP contribution < -0.4 is 0 Å². The fourth-order valence-electron chi connectivity index (χ4n) is 2.22. The van der Waals surface area contributed by atoms with Crippen LogP contribution in [-0.4, -0.2) is 32.4 Å². The Hall–Kier alpha value is -1.17. The minimum Gasteiger partial charge on any atom is -0.481 e. The Kier molecular flexibility index (Phi) is 13.7. The largest absolute Gasteiger partial charge is 0.481 e. The third-order valence-corrected chi connectivity index (χ3v) is 3.53. The molecule has 0 aromatic carbocycles. The first-order valence-corrected chi connectivity index (χ1v) is 8.62. The SMILES string of the molecule is O=C(O)CCCCCCCC=CC=CCCCCCC(O)(O)O. The van der Waals surface area contributed by atoms with E-state index in [4.69, 9.17) is 20.4 Å².